The summed E-state index contributed by atoms with van der Waals surface area (Å²) in [6.45, 7) is 5.97. The molecular weight excluding hydrogens is 584 g/mol. The Bertz CT molecular complexity index is 1680. The Morgan fingerprint density at radius 3 is 2.67 bits per heavy atom. The van der Waals surface area contributed by atoms with E-state index < -0.39 is 5.97 Å². The van der Waals surface area contributed by atoms with Gasteiger partial charge in [0.25, 0.3) is 0 Å². The van der Waals surface area contributed by atoms with Crippen molar-refractivity contribution in [1.82, 2.24) is 14.8 Å². The van der Waals surface area contributed by atoms with Crippen molar-refractivity contribution >= 4 is 24.0 Å². The molecule has 0 spiro atoms. The van der Waals surface area contributed by atoms with Crippen LogP contribution in [0.3, 0.4) is 0 Å². The van der Waals surface area contributed by atoms with Crippen LogP contribution in [0.4, 0.5) is 5.69 Å². The second-order valence-corrected chi connectivity index (χ2v) is 11.5. The molecule has 46 heavy (non-hydrogen) atoms. The number of nitrogens with zero attached hydrogens (tertiary/aromatic N) is 4. The predicted molar refractivity (Wildman–Crippen MR) is 174 cm³/mol. The van der Waals surface area contributed by atoms with E-state index in [1.165, 1.54) is 5.56 Å². The summed E-state index contributed by atoms with van der Waals surface area (Å²) >= 11 is 0. The normalized spacial score (nSPS) is 12.4. The third kappa shape index (κ3) is 8.19. The van der Waals surface area contributed by atoms with Crippen LogP contribution in [-0.2, 0) is 38.8 Å². The lowest BCUT2D eigenvalue weighted by atomic mass is 9.93. The van der Waals surface area contributed by atoms with E-state index in [1.54, 1.807) is 0 Å². The van der Waals surface area contributed by atoms with Crippen molar-refractivity contribution in [3.8, 4) is 16.9 Å². The topological polar surface area (TPSA) is 114 Å². The summed E-state index contributed by atoms with van der Waals surface area (Å²) in [7, 11) is 0. The van der Waals surface area contributed by atoms with Gasteiger partial charge < -0.3 is 14.7 Å². The van der Waals surface area contributed by atoms with Gasteiger partial charge in [-0.1, -0.05) is 48.5 Å². The molecule has 0 aliphatic carbocycles. The number of ether oxygens (including phenoxy) is 1. The van der Waals surface area contributed by atoms with Crippen LogP contribution in [0.15, 0.2) is 73.1 Å². The van der Waals surface area contributed by atoms with Crippen molar-refractivity contribution in [2.45, 2.75) is 59.1 Å². The van der Waals surface area contributed by atoms with E-state index in [2.05, 4.69) is 31.1 Å². The molecule has 0 unspecified atom stereocenters. The molecule has 0 radical (unpaired) electrons. The average molecular weight is 625 g/mol. The number of carbonyl (C=O) groups is 3. The fourth-order valence-corrected chi connectivity index (χ4v) is 5.68. The molecule has 0 fully saturated rings. The maximum atomic E-state index is 13.3. The largest absolute Gasteiger partial charge is 0.493 e. The van der Waals surface area contributed by atoms with E-state index in [0.29, 0.717) is 38.9 Å². The van der Waals surface area contributed by atoms with Crippen LogP contribution in [0.25, 0.3) is 11.1 Å². The Kier molecular flexibility index (Phi) is 10.8. The quantitative estimate of drug-likeness (QED) is 0.102. The van der Waals surface area contributed by atoms with Crippen molar-refractivity contribution in [1.29, 1.82) is 0 Å². The maximum absolute atomic E-state index is 13.3. The van der Waals surface area contributed by atoms with E-state index in [1.807, 2.05) is 70.5 Å². The summed E-state index contributed by atoms with van der Waals surface area (Å²) in [6.07, 6.45) is 7.03. The van der Waals surface area contributed by atoms with Crippen LogP contribution in [0.2, 0.25) is 0 Å². The predicted octanol–water partition coefficient (Wildman–Crippen LogP) is 5.72. The monoisotopic (exact) mass is 624 g/mol. The Balaban J connectivity index is 1.20. The average Bonchev–Trinajstić information content (AvgIpc) is 3.52. The number of anilines is 1. The number of aromatic nitrogens is 2. The summed E-state index contributed by atoms with van der Waals surface area (Å²) in [5.41, 5.74) is 8.39. The highest BCUT2D eigenvalue weighted by Gasteiger charge is 2.25. The first kappa shape index (κ1) is 32.4. The van der Waals surface area contributed by atoms with Gasteiger partial charge in [-0.3, -0.25) is 23.9 Å². The van der Waals surface area contributed by atoms with Crippen LogP contribution in [-0.4, -0.2) is 57.9 Å². The number of amides is 2. The van der Waals surface area contributed by atoms with Gasteiger partial charge in [0.1, 0.15) is 12.4 Å². The molecule has 5 rings (SSSR count). The van der Waals surface area contributed by atoms with Gasteiger partial charge in [-0.05, 0) is 78.6 Å². The highest BCUT2D eigenvalue weighted by atomic mass is 16.7. The fraction of sp³-hybridized carbons (Fsp3) is 0.333. The molecule has 2 amide bonds. The van der Waals surface area contributed by atoms with Crippen LogP contribution >= 0.6 is 0 Å². The number of benzene rings is 3. The zero-order chi connectivity index (χ0) is 32.5. The molecule has 0 saturated carbocycles. The van der Waals surface area contributed by atoms with Crippen LogP contribution < -0.4 is 9.64 Å². The minimum absolute atomic E-state index is 0.0209. The molecule has 3 aromatic carbocycles. The van der Waals surface area contributed by atoms with Gasteiger partial charge in [-0.2, -0.15) is 5.10 Å². The molecule has 4 aromatic rings. The maximum Gasteiger partial charge on any atom is 0.305 e. The molecule has 1 N–H and O–H groups in total. The SMILES string of the molecule is Cc1cccc(OCCCC(=O)N2CCCc3c(-c4cnn(Cc5cccc(CON(C=O)CCC(=O)O)c5)c4)cccc32)c1C. The van der Waals surface area contributed by atoms with Gasteiger partial charge in [0.2, 0.25) is 12.3 Å². The zero-order valence-corrected chi connectivity index (χ0v) is 26.4. The Hall–Kier alpha value is -4.96. The summed E-state index contributed by atoms with van der Waals surface area (Å²) in [6, 6.07) is 19.9. The van der Waals surface area contributed by atoms with Gasteiger partial charge in [0, 0.05) is 30.4 Å². The molecule has 10 nitrogen and oxygen atoms in total. The van der Waals surface area contributed by atoms with Gasteiger partial charge in [-0.25, -0.2) is 5.06 Å². The highest BCUT2D eigenvalue weighted by Crippen LogP contribution is 2.36. The fourth-order valence-electron chi connectivity index (χ4n) is 5.68. The lowest BCUT2D eigenvalue weighted by molar-refractivity contribution is -0.179. The number of rotatable bonds is 15. The van der Waals surface area contributed by atoms with E-state index in [9.17, 15) is 14.4 Å². The molecule has 10 heteroatoms. The van der Waals surface area contributed by atoms with E-state index in [4.69, 9.17) is 14.7 Å². The number of carboxylic acids is 1. The molecule has 1 aliphatic rings. The standard InChI is InChI=1S/C36H40N4O6/c1-26-8-3-14-34(27(26)2)45-19-7-15-35(42)40-17-6-12-32-31(11-5-13-33(32)40)30-21-37-38(23-30)22-28-9-4-10-29(20-28)24-46-39(25-41)18-16-36(43)44/h3-5,8-11,13-14,20-21,23,25H,6-7,12,15-19,22,24H2,1-2H3,(H,43,44). The summed E-state index contributed by atoms with van der Waals surface area (Å²) in [5.74, 6) is -0.0115. The first-order valence-electron chi connectivity index (χ1n) is 15.6. The number of carboxylic acid groups (broad SMARTS) is 1. The Morgan fingerprint density at radius 1 is 1.04 bits per heavy atom. The molecule has 0 bridgehead atoms. The van der Waals surface area contributed by atoms with E-state index in [-0.39, 0.29) is 25.5 Å². The van der Waals surface area contributed by atoms with Crippen molar-refractivity contribution < 1.29 is 29.1 Å². The minimum atomic E-state index is -0.997. The number of aliphatic carboxylic acids is 1. The highest BCUT2D eigenvalue weighted by molar-refractivity contribution is 5.96. The van der Waals surface area contributed by atoms with Crippen molar-refractivity contribution in [2.24, 2.45) is 0 Å². The molecule has 1 aliphatic heterocycles. The summed E-state index contributed by atoms with van der Waals surface area (Å²) in [4.78, 5) is 42.7. The van der Waals surface area contributed by atoms with Gasteiger partial charge in [0.15, 0.2) is 0 Å². The minimum Gasteiger partial charge on any atom is -0.493 e. The molecule has 1 aromatic heterocycles. The summed E-state index contributed by atoms with van der Waals surface area (Å²) in [5, 5.41) is 14.5. The Morgan fingerprint density at radius 2 is 1.85 bits per heavy atom. The van der Waals surface area contributed by atoms with Crippen molar-refractivity contribution in [3.63, 3.8) is 0 Å². The molecular formula is C36H40N4O6. The molecule has 0 saturated heterocycles. The lowest BCUT2D eigenvalue weighted by Crippen LogP contribution is -2.35. The van der Waals surface area contributed by atoms with Crippen LogP contribution in [0.5, 0.6) is 5.75 Å². The zero-order valence-electron chi connectivity index (χ0n) is 26.4. The molecule has 2 heterocycles. The number of hydrogen-bond donors (Lipinski definition) is 1. The van der Waals surface area contributed by atoms with E-state index in [0.717, 1.165) is 62.7 Å². The van der Waals surface area contributed by atoms with Gasteiger partial charge in [-0.15, -0.1) is 0 Å². The first-order valence-corrected chi connectivity index (χ1v) is 15.6. The smallest absolute Gasteiger partial charge is 0.305 e. The second-order valence-electron chi connectivity index (χ2n) is 11.5. The number of carbonyl (C=O) groups excluding carboxylic acids is 2. The Labute approximate surface area is 269 Å². The van der Waals surface area contributed by atoms with Crippen molar-refractivity contribution in [2.75, 3.05) is 24.6 Å². The second kappa shape index (κ2) is 15.4. The van der Waals surface area contributed by atoms with Crippen LogP contribution in [0.1, 0.15) is 53.5 Å². The third-order valence-corrected chi connectivity index (χ3v) is 8.24. The van der Waals surface area contributed by atoms with E-state index >= 15 is 0 Å². The van der Waals surface area contributed by atoms with Gasteiger partial charge in [0.05, 0.1) is 32.3 Å². The summed E-state index contributed by atoms with van der Waals surface area (Å²) < 4.78 is 7.85. The first-order chi connectivity index (χ1) is 22.3. The van der Waals surface area contributed by atoms with Gasteiger partial charge >= 0.3 is 5.97 Å². The lowest BCUT2D eigenvalue weighted by Gasteiger charge is -2.31. The number of fused-ring (bicyclic) bond motifs is 1. The third-order valence-electron chi connectivity index (χ3n) is 8.24. The van der Waals surface area contributed by atoms with Crippen LogP contribution in [0, 0.1) is 13.8 Å². The van der Waals surface area contributed by atoms with Crippen molar-refractivity contribution in [3.05, 3.63) is 101 Å². The number of hydrogen-bond acceptors (Lipinski definition) is 6. The number of hydroxylamine groups is 2. The molecule has 0 atom stereocenters. The number of aryl methyl sites for hydroxylation is 1. The molecule has 240 valence electrons.